The van der Waals surface area contributed by atoms with Gasteiger partial charge in [-0.05, 0) is 37.1 Å². The minimum absolute atomic E-state index is 0.0459. The van der Waals surface area contributed by atoms with Crippen LogP contribution in [0.5, 0.6) is 11.5 Å². The van der Waals surface area contributed by atoms with Gasteiger partial charge in [-0.15, -0.1) is 5.10 Å². The summed E-state index contributed by atoms with van der Waals surface area (Å²) in [6.45, 7) is 2.25. The number of hydrogen-bond acceptors (Lipinski definition) is 6. The van der Waals surface area contributed by atoms with Gasteiger partial charge in [0.25, 0.3) is 0 Å². The van der Waals surface area contributed by atoms with Crippen LogP contribution in [-0.4, -0.2) is 35.3 Å². The van der Waals surface area contributed by atoms with Crippen LogP contribution < -0.4 is 15.2 Å². The van der Waals surface area contributed by atoms with E-state index in [0.29, 0.717) is 19.7 Å². The van der Waals surface area contributed by atoms with Crippen molar-refractivity contribution in [1.29, 1.82) is 0 Å². The van der Waals surface area contributed by atoms with Crippen molar-refractivity contribution in [2.75, 3.05) is 20.3 Å². The van der Waals surface area contributed by atoms with E-state index in [1.54, 1.807) is 7.11 Å². The molecule has 0 amide bonds. The normalized spacial score (nSPS) is 17.4. The third-order valence-corrected chi connectivity index (χ3v) is 3.91. The SMILES string of the molecule is COc1ccc(OCCn2nnc(CN)c2C2CCCO2)cc1. The van der Waals surface area contributed by atoms with E-state index in [-0.39, 0.29) is 6.10 Å². The lowest BCUT2D eigenvalue weighted by Crippen LogP contribution is -2.16. The maximum Gasteiger partial charge on any atom is 0.119 e. The largest absolute Gasteiger partial charge is 0.497 e. The van der Waals surface area contributed by atoms with Gasteiger partial charge in [0.1, 0.15) is 29.9 Å². The molecule has 1 atom stereocenters. The maximum absolute atomic E-state index is 5.76. The quantitative estimate of drug-likeness (QED) is 0.836. The first-order chi connectivity index (χ1) is 11.3. The van der Waals surface area contributed by atoms with Crippen molar-refractivity contribution in [3.63, 3.8) is 0 Å². The molecule has 0 aliphatic carbocycles. The fourth-order valence-corrected chi connectivity index (χ4v) is 2.73. The Labute approximate surface area is 135 Å². The number of ether oxygens (including phenoxy) is 3. The second kappa shape index (κ2) is 7.43. The van der Waals surface area contributed by atoms with Crippen LogP contribution >= 0.6 is 0 Å². The lowest BCUT2D eigenvalue weighted by Gasteiger charge is -2.14. The molecule has 0 spiro atoms. The molecule has 1 fully saturated rings. The highest BCUT2D eigenvalue weighted by Crippen LogP contribution is 2.29. The van der Waals surface area contributed by atoms with Gasteiger partial charge >= 0.3 is 0 Å². The van der Waals surface area contributed by atoms with Gasteiger partial charge in [-0.25, -0.2) is 4.68 Å². The summed E-state index contributed by atoms with van der Waals surface area (Å²) in [6, 6.07) is 7.50. The predicted molar refractivity (Wildman–Crippen MR) is 84.3 cm³/mol. The second-order valence-corrected chi connectivity index (χ2v) is 5.37. The lowest BCUT2D eigenvalue weighted by atomic mass is 10.1. The summed E-state index contributed by atoms with van der Waals surface area (Å²) in [7, 11) is 1.64. The molecule has 1 aliphatic rings. The molecule has 2 heterocycles. The molecule has 3 rings (SSSR count). The summed E-state index contributed by atoms with van der Waals surface area (Å²) in [5.74, 6) is 1.60. The van der Waals surface area contributed by atoms with Crippen molar-refractivity contribution in [3.05, 3.63) is 35.7 Å². The third kappa shape index (κ3) is 3.62. The van der Waals surface area contributed by atoms with Crippen LogP contribution in [0.1, 0.15) is 30.3 Å². The van der Waals surface area contributed by atoms with Crippen LogP contribution in [0.15, 0.2) is 24.3 Å². The van der Waals surface area contributed by atoms with Gasteiger partial charge in [-0.2, -0.15) is 0 Å². The minimum Gasteiger partial charge on any atom is -0.497 e. The zero-order chi connectivity index (χ0) is 16.1. The molecule has 1 aromatic carbocycles. The molecule has 23 heavy (non-hydrogen) atoms. The van der Waals surface area contributed by atoms with Crippen LogP contribution in [0.4, 0.5) is 0 Å². The number of hydrogen-bond donors (Lipinski definition) is 1. The monoisotopic (exact) mass is 318 g/mol. The van der Waals surface area contributed by atoms with E-state index in [1.807, 2.05) is 28.9 Å². The summed E-state index contributed by atoms with van der Waals surface area (Å²) in [5, 5.41) is 8.36. The van der Waals surface area contributed by atoms with Crippen LogP contribution in [0.2, 0.25) is 0 Å². The van der Waals surface area contributed by atoms with Crippen molar-refractivity contribution < 1.29 is 14.2 Å². The van der Waals surface area contributed by atoms with Crippen LogP contribution in [0.3, 0.4) is 0 Å². The number of methoxy groups -OCH3 is 1. The molecule has 0 radical (unpaired) electrons. The summed E-state index contributed by atoms with van der Waals surface area (Å²) < 4.78 is 18.5. The molecule has 7 nitrogen and oxygen atoms in total. The molecular formula is C16H22N4O3. The number of nitrogens with zero attached hydrogens (tertiary/aromatic N) is 3. The summed E-state index contributed by atoms with van der Waals surface area (Å²) in [6.07, 6.45) is 2.09. The first kappa shape index (κ1) is 15.8. The Hall–Kier alpha value is -2.12. The summed E-state index contributed by atoms with van der Waals surface area (Å²) in [5.41, 5.74) is 7.56. The highest BCUT2D eigenvalue weighted by molar-refractivity contribution is 5.31. The summed E-state index contributed by atoms with van der Waals surface area (Å²) >= 11 is 0. The highest BCUT2D eigenvalue weighted by atomic mass is 16.5. The number of nitrogens with two attached hydrogens (primary N) is 1. The van der Waals surface area contributed by atoms with E-state index in [0.717, 1.165) is 42.3 Å². The van der Waals surface area contributed by atoms with E-state index in [1.165, 1.54) is 0 Å². The van der Waals surface area contributed by atoms with E-state index in [4.69, 9.17) is 19.9 Å². The van der Waals surface area contributed by atoms with E-state index in [2.05, 4.69) is 10.3 Å². The van der Waals surface area contributed by atoms with E-state index >= 15 is 0 Å². The zero-order valence-corrected chi connectivity index (χ0v) is 13.3. The topological polar surface area (TPSA) is 84.4 Å². The van der Waals surface area contributed by atoms with Crippen LogP contribution in [0, 0.1) is 0 Å². The zero-order valence-electron chi connectivity index (χ0n) is 13.3. The Bertz CT molecular complexity index is 621. The van der Waals surface area contributed by atoms with Crippen LogP contribution in [-0.2, 0) is 17.8 Å². The van der Waals surface area contributed by atoms with Crippen molar-refractivity contribution in [2.24, 2.45) is 5.73 Å². The average Bonchev–Trinajstić information content (AvgIpc) is 3.24. The second-order valence-electron chi connectivity index (χ2n) is 5.37. The number of rotatable bonds is 7. The molecule has 2 aromatic rings. The van der Waals surface area contributed by atoms with Gasteiger partial charge < -0.3 is 19.9 Å². The molecular weight excluding hydrogens is 296 g/mol. The van der Waals surface area contributed by atoms with Gasteiger partial charge in [-0.3, -0.25) is 0 Å². The standard InChI is InChI=1S/C16H22N4O3/c1-21-12-4-6-13(7-5-12)22-10-8-20-16(14(11-17)18-19-20)15-3-2-9-23-15/h4-7,15H,2-3,8-11,17H2,1H3. The van der Waals surface area contributed by atoms with Crippen molar-refractivity contribution in [3.8, 4) is 11.5 Å². The molecule has 1 saturated heterocycles. The van der Waals surface area contributed by atoms with Gasteiger partial charge in [0, 0.05) is 13.2 Å². The van der Waals surface area contributed by atoms with E-state index in [9.17, 15) is 0 Å². The fraction of sp³-hybridized carbons (Fsp3) is 0.500. The Morgan fingerprint density at radius 3 is 2.74 bits per heavy atom. The van der Waals surface area contributed by atoms with Crippen molar-refractivity contribution in [2.45, 2.75) is 32.0 Å². The molecule has 0 saturated carbocycles. The Morgan fingerprint density at radius 2 is 2.09 bits per heavy atom. The fourth-order valence-electron chi connectivity index (χ4n) is 2.73. The molecule has 1 unspecified atom stereocenters. The molecule has 124 valence electrons. The minimum atomic E-state index is 0.0459. The molecule has 0 bridgehead atoms. The van der Waals surface area contributed by atoms with Gasteiger partial charge in [0.2, 0.25) is 0 Å². The van der Waals surface area contributed by atoms with Gasteiger partial charge in [0.05, 0.1) is 19.3 Å². The van der Waals surface area contributed by atoms with Crippen molar-refractivity contribution in [1.82, 2.24) is 15.0 Å². The average molecular weight is 318 g/mol. The molecule has 1 aromatic heterocycles. The molecule has 7 heteroatoms. The predicted octanol–water partition coefficient (Wildman–Crippen LogP) is 1.68. The lowest BCUT2D eigenvalue weighted by molar-refractivity contribution is 0.102. The third-order valence-electron chi connectivity index (χ3n) is 3.91. The molecule has 1 aliphatic heterocycles. The van der Waals surface area contributed by atoms with Gasteiger partial charge in [-0.1, -0.05) is 5.21 Å². The smallest absolute Gasteiger partial charge is 0.119 e. The Balaban J connectivity index is 1.62. The highest BCUT2D eigenvalue weighted by Gasteiger charge is 2.25. The van der Waals surface area contributed by atoms with E-state index < -0.39 is 0 Å². The first-order valence-corrected chi connectivity index (χ1v) is 7.82. The number of aromatic nitrogens is 3. The Morgan fingerprint density at radius 1 is 1.30 bits per heavy atom. The summed E-state index contributed by atoms with van der Waals surface area (Å²) in [4.78, 5) is 0. The maximum atomic E-state index is 5.76. The first-order valence-electron chi connectivity index (χ1n) is 7.82. The Kier molecular flexibility index (Phi) is 5.09. The van der Waals surface area contributed by atoms with Gasteiger partial charge in [0.15, 0.2) is 0 Å². The van der Waals surface area contributed by atoms with Crippen molar-refractivity contribution >= 4 is 0 Å². The van der Waals surface area contributed by atoms with Crippen LogP contribution in [0.25, 0.3) is 0 Å². The number of benzene rings is 1. The molecule has 2 N–H and O–H groups in total.